The average molecular weight is 216 g/mol. The Labute approximate surface area is 93.5 Å². The van der Waals surface area contributed by atoms with Crippen LogP contribution in [0.15, 0.2) is 12.1 Å². The fourth-order valence-corrected chi connectivity index (χ4v) is 1.79. The number of carbonyl (C=O) groups is 2. The molecule has 0 aliphatic carbocycles. The van der Waals surface area contributed by atoms with Crippen LogP contribution in [0, 0.1) is 20.8 Å². The summed E-state index contributed by atoms with van der Waals surface area (Å²) < 4.78 is 0. The van der Waals surface area contributed by atoms with Gasteiger partial charge in [0.2, 0.25) is 6.29 Å². The molecule has 0 spiro atoms. The normalized spacial score (nSPS) is 9.44. The number of aldehydes is 1. The Balaban J connectivity index is 3.40. The van der Waals surface area contributed by atoms with Crippen molar-refractivity contribution in [2.24, 2.45) is 0 Å². The van der Waals surface area contributed by atoms with Gasteiger partial charge in [-0.15, -0.1) is 0 Å². The molecular weight excluding hydrogens is 204 g/mol. The molecule has 0 fully saturated rings. The van der Waals surface area contributed by atoms with Gasteiger partial charge in [-0.1, -0.05) is 17.7 Å². The van der Waals surface area contributed by atoms with E-state index in [9.17, 15) is 9.59 Å². The minimum absolute atomic E-state index is 0.251. The number of rotatable bonds is 3. The van der Waals surface area contributed by atoms with Crippen LogP contribution in [-0.4, -0.2) is 22.6 Å². The van der Waals surface area contributed by atoms with Gasteiger partial charge in [-0.25, -0.2) is 0 Å². The quantitative estimate of drug-likeness (QED) is 0.192. The van der Waals surface area contributed by atoms with E-state index in [2.05, 4.69) is 4.79 Å². The smallest absolute Gasteiger partial charge is 0.360 e. The Morgan fingerprint density at radius 1 is 1.25 bits per heavy atom. The maximum absolute atomic E-state index is 11.8. The molecule has 0 radical (unpaired) electrons. The molecule has 0 aliphatic heterocycles. The van der Waals surface area contributed by atoms with Gasteiger partial charge in [0.05, 0.1) is 0 Å². The number of benzene rings is 1. The second kappa shape index (κ2) is 4.64. The summed E-state index contributed by atoms with van der Waals surface area (Å²) in [5, 5.41) is 0. The van der Waals surface area contributed by atoms with Crippen LogP contribution in [-0.2, 0) is 4.79 Å². The number of Topliss-reactive ketones (excluding diaryl/α,β-unsaturated/α-hetero) is 1. The number of nitrogens with zero attached hydrogens (tertiary/aromatic N) is 2. The van der Waals surface area contributed by atoms with Crippen LogP contribution in [0.2, 0.25) is 0 Å². The fraction of sp³-hybridized carbons (Fsp3) is 0.250. The van der Waals surface area contributed by atoms with E-state index in [0.717, 1.165) is 16.7 Å². The molecule has 0 aliphatic rings. The third kappa shape index (κ3) is 2.12. The van der Waals surface area contributed by atoms with Gasteiger partial charge in [0, 0.05) is 5.56 Å². The minimum atomic E-state index is -0.549. The number of hydrogen-bond acceptors (Lipinski definition) is 2. The highest BCUT2D eigenvalue weighted by molar-refractivity contribution is 6.62. The fourth-order valence-electron chi connectivity index (χ4n) is 1.79. The maximum atomic E-state index is 11.8. The van der Waals surface area contributed by atoms with Crippen LogP contribution in [0.3, 0.4) is 0 Å². The summed E-state index contributed by atoms with van der Waals surface area (Å²) in [6, 6.07) is 3.69. The van der Waals surface area contributed by atoms with Gasteiger partial charge in [-0.2, -0.15) is 4.79 Å². The van der Waals surface area contributed by atoms with E-state index in [1.54, 1.807) is 13.8 Å². The first-order valence-corrected chi connectivity index (χ1v) is 4.81. The first-order valence-electron chi connectivity index (χ1n) is 4.81. The SMILES string of the molecule is Cc1cc(C)c(C(=O)C(C=O)=[N+]=[N-])c(C)c1. The van der Waals surface area contributed by atoms with Crippen molar-refractivity contribution < 1.29 is 14.4 Å². The summed E-state index contributed by atoms with van der Waals surface area (Å²) in [4.78, 5) is 25.1. The molecule has 1 rings (SSSR count). The van der Waals surface area contributed by atoms with Gasteiger partial charge in [0.15, 0.2) is 0 Å². The molecule has 16 heavy (non-hydrogen) atoms. The van der Waals surface area contributed by atoms with Gasteiger partial charge >= 0.3 is 5.71 Å². The van der Waals surface area contributed by atoms with E-state index in [0.29, 0.717) is 5.56 Å². The lowest BCUT2D eigenvalue weighted by molar-refractivity contribution is -0.106. The molecule has 0 saturated heterocycles. The molecule has 0 unspecified atom stereocenters. The summed E-state index contributed by atoms with van der Waals surface area (Å²) in [5.74, 6) is -0.549. The van der Waals surface area contributed by atoms with Crippen LogP contribution in [0.25, 0.3) is 5.53 Å². The van der Waals surface area contributed by atoms with E-state index >= 15 is 0 Å². The van der Waals surface area contributed by atoms with Crippen LogP contribution in [0.4, 0.5) is 0 Å². The van der Waals surface area contributed by atoms with Gasteiger partial charge in [0.25, 0.3) is 5.78 Å². The van der Waals surface area contributed by atoms with E-state index in [1.165, 1.54) is 0 Å². The number of ketones is 1. The van der Waals surface area contributed by atoms with Gasteiger partial charge in [-0.05, 0) is 31.9 Å². The lowest BCUT2D eigenvalue weighted by Gasteiger charge is -2.06. The molecular formula is C12H12N2O2. The number of carbonyl (C=O) groups excluding carboxylic acids is 2. The second-order valence-electron chi connectivity index (χ2n) is 3.71. The van der Waals surface area contributed by atoms with Crippen LogP contribution in [0.5, 0.6) is 0 Å². The Bertz CT molecular complexity index is 489. The van der Waals surface area contributed by atoms with Crippen molar-refractivity contribution in [1.29, 1.82) is 0 Å². The average Bonchev–Trinajstić information content (AvgIpc) is 2.17. The van der Waals surface area contributed by atoms with Gasteiger partial charge < -0.3 is 5.53 Å². The molecule has 1 aromatic carbocycles. The van der Waals surface area contributed by atoms with Crippen LogP contribution >= 0.6 is 0 Å². The highest BCUT2D eigenvalue weighted by Gasteiger charge is 2.24. The number of aryl methyl sites for hydroxylation is 3. The van der Waals surface area contributed by atoms with Crippen molar-refractivity contribution in [3.63, 3.8) is 0 Å². The Morgan fingerprint density at radius 3 is 2.12 bits per heavy atom. The minimum Gasteiger partial charge on any atom is -0.360 e. The molecule has 4 nitrogen and oxygen atoms in total. The third-order valence-electron chi connectivity index (χ3n) is 2.36. The lowest BCUT2D eigenvalue weighted by Crippen LogP contribution is -2.19. The molecule has 0 aromatic heterocycles. The highest BCUT2D eigenvalue weighted by atomic mass is 16.1. The molecule has 0 heterocycles. The summed E-state index contributed by atoms with van der Waals surface area (Å²) >= 11 is 0. The van der Waals surface area contributed by atoms with Crippen molar-refractivity contribution >= 4 is 17.8 Å². The molecule has 0 amide bonds. The highest BCUT2D eigenvalue weighted by Crippen LogP contribution is 2.16. The van der Waals surface area contributed by atoms with Crippen molar-refractivity contribution in [2.75, 3.05) is 0 Å². The predicted molar refractivity (Wildman–Crippen MR) is 59.7 cm³/mol. The first-order chi connectivity index (χ1) is 7.51. The topological polar surface area (TPSA) is 70.5 Å². The zero-order valence-corrected chi connectivity index (χ0v) is 9.44. The van der Waals surface area contributed by atoms with Crippen molar-refractivity contribution in [3.8, 4) is 0 Å². The molecule has 4 heteroatoms. The van der Waals surface area contributed by atoms with Crippen molar-refractivity contribution in [3.05, 3.63) is 39.9 Å². The Kier molecular flexibility index (Phi) is 3.48. The Morgan fingerprint density at radius 2 is 1.75 bits per heavy atom. The number of hydrogen-bond donors (Lipinski definition) is 0. The monoisotopic (exact) mass is 216 g/mol. The maximum Gasteiger partial charge on any atom is 0.401 e. The second-order valence-corrected chi connectivity index (χ2v) is 3.71. The Hall–Kier alpha value is -2.06. The van der Waals surface area contributed by atoms with Gasteiger partial charge in [-0.3, -0.25) is 9.59 Å². The zero-order valence-electron chi connectivity index (χ0n) is 9.44. The van der Waals surface area contributed by atoms with E-state index < -0.39 is 11.5 Å². The summed E-state index contributed by atoms with van der Waals surface area (Å²) in [6.45, 7) is 5.50. The summed E-state index contributed by atoms with van der Waals surface area (Å²) in [5.41, 5.74) is 11.1. The van der Waals surface area contributed by atoms with E-state index in [1.807, 2.05) is 19.1 Å². The molecule has 1 aromatic rings. The van der Waals surface area contributed by atoms with E-state index in [4.69, 9.17) is 5.53 Å². The lowest BCUT2D eigenvalue weighted by atomic mass is 9.95. The third-order valence-corrected chi connectivity index (χ3v) is 2.36. The van der Waals surface area contributed by atoms with Crippen molar-refractivity contribution in [2.45, 2.75) is 20.8 Å². The summed E-state index contributed by atoms with van der Waals surface area (Å²) in [7, 11) is 0. The standard InChI is InChI=1S/C12H12N2O2/c1-7-4-8(2)11(9(3)5-7)12(16)10(6-15)14-13/h4-6H,1-3H3. The first kappa shape index (κ1) is 12.0. The molecule has 0 bridgehead atoms. The zero-order chi connectivity index (χ0) is 12.3. The largest absolute Gasteiger partial charge is 0.401 e. The van der Waals surface area contributed by atoms with Crippen molar-refractivity contribution in [1.82, 2.24) is 0 Å². The van der Waals surface area contributed by atoms with Crippen LogP contribution in [0.1, 0.15) is 27.0 Å². The van der Waals surface area contributed by atoms with E-state index in [-0.39, 0.29) is 6.29 Å². The molecule has 0 saturated carbocycles. The van der Waals surface area contributed by atoms with Crippen LogP contribution < -0.4 is 0 Å². The molecule has 0 N–H and O–H groups in total. The molecule has 82 valence electrons. The van der Waals surface area contributed by atoms with Gasteiger partial charge in [0.1, 0.15) is 0 Å². The molecule has 0 atom stereocenters. The predicted octanol–water partition coefficient (Wildman–Crippen LogP) is 1.66. The summed E-state index contributed by atoms with van der Waals surface area (Å²) in [6.07, 6.45) is 0.251.